The highest BCUT2D eigenvalue weighted by molar-refractivity contribution is 8.00. The number of nitro benzene ring substituents is 1. The fourth-order valence-electron chi connectivity index (χ4n) is 2.77. The van der Waals surface area contributed by atoms with E-state index >= 15 is 0 Å². The monoisotopic (exact) mass is 440 g/mol. The van der Waals surface area contributed by atoms with Gasteiger partial charge in [0.2, 0.25) is 11.0 Å². The Morgan fingerprint density at radius 3 is 2.87 bits per heavy atom. The SMILES string of the molecule is CCC(Sc1nc2ccccc2[nH]1)C(=O)Nc1nnc(-c2cccc([N+](=O)[O-])c2)s1. The summed E-state index contributed by atoms with van der Waals surface area (Å²) in [7, 11) is 0. The van der Waals surface area contributed by atoms with E-state index < -0.39 is 4.92 Å². The lowest BCUT2D eigenvalue weighted by atomic mass is 10.2. The number of para-hydroxylation sites is 2. The van der Waals surface area contributed by atoms with Gasteiger partial charge in [-0.25, -0.2) is 4.98 Å². The number of imidazole rings is 1. The van der Waals surface area contributed by atoms with Gasteiger partial charge in [-0.2, -0.15) is 0 Å². The van der Waals surface area contributed by atoms with Crippen molar-refractivity contribution in [3.63, 3.8) is 0 Å². The van der Waals surface area contributed by atoms with E-state index in [1.165, 1.54) is 23.9 Å². The number of nitrogens with zero attached hydrogens (tertiary/aromatic N) is 4. The highest BCUT2D eigenvalue weighted by atomic mass is 32.2. The van der Waals surface area contributed by atoms with Crippen molar-refractivity contribution >= 4 is 50.9 Å². The number of anilines is 1. The number of carbonyl (C=O) groups is 1. The fraction of sp³-hybridized carbons (Fsp3) is 0.158. The number of nitrogens with one attached hydrogen (secondary N) is 2. The van der Waals surface area contributed by atoms with Crippen LogP contribution in [-0.4, -0.2) is 36.2 Å². The maximum atomic E-state index is 12.7. The molecule has 9 nitrogen and oxygen atoms in total. The lowest BCUT2D eigenvalue weighted by Crippen LogP contribution is -2.24. The average molecular weight is 441 g/mol. The minimum absolute atomic E-state index is 0.0263. The number of fused-ring (bicyclic) bond motifs is 1. The maximum Gasteiger partial charge on any atom is 0.270 e. The molecule has 1 atom stereocenters. The van der Waals surface area contributed by atoms with E-state index in [2.05, 4.69) is 25.5 Å². The van der Waals surface area contributed by atoms with Gasteiger partial charge in [-0.3, -0.25) is 20.2 Å². The van der Waals surface area contributed by atoms with Crippen molar-refractivity contribution in [2.45, 2.75) is 23.8 Å². The topological polar surface area (TPSA) is 127 Å². The first-order valence-electron chi connectivity index (χ1n) is 9.04. The first kappa shape index (κ1) is 20.0. The van der Waals surface area contributed by atoms with Crippen LogP contribution in [0.4, 0.5) is 10.8 Å². The van der Waals surface area contributed by atoms with Crippen molar-refractivity contribution < 1.29 is 9.72 Å². The Labute approximate surface area is 179 Å². The molecule has 0 aliphatic rings. The molecule has 0 aliphatic heterocycles. The summed E-state index contributed by atoms with van der Waals surface area (Å²) in [4.78, 5) is 30.9. The van der Waals surface area contributed by atoms with Crippen LogP contribution < -0.4 is 5.32 Å². The number of aromatic amines is 1. The Bertz CT molecular complexity index is 1190. The number of hydrogen-bond donors (Lipinski definition) is 2. The third-order valence-corrected chi connectivity index (χ3v) is 6.38. The zero-order chi connectivity index (χ0) is 21.1. The Morgan fingerprint density at radius 1 is 1.27 bits per heavy atom. The van der Waals surface area contributed by atoms with Crippen LogP contribution in [0.3, 0.4) is 0 Å². The van der Waals surface area contributed by atoms with Crippen molar-refractivity contribution in [3.05, 3.63) is 58.6 Å². The third-order valence-electron chi connectivity index (χ3n) is 4.24. The van der Waals surface area contributed by atoms with Gasteiger partial charge in [-0.05, 0) is 18.6 Å². The Morgan fingerprint density at radius 2 is 2.10 bits per heavy atom. The highest BCUT2D eigenvalue weighted by Crippen LogP contribution is 2.30. The second kappa shape index (κ2) is 8.59. The number of benzene rings is 2. The summed E-state index contributed by atoms with van der Waals surface area (Å²) in [5, 5.41) is 22.9. The molecule has 2 aromatic heterocycles. The summed E-state index contributed by atoms with van der Waals surface area (Å²) in [5.41, 5.74) is 2.31. The summed E-state index contributed by atoms with van der Waals surface area (Å²) < 4.78 is 0. The lowest BCUT2D eigenvalue weighted by Gasteiger charge is -2.11. The number of nitro groups is 1. The molecule has 2 heterocycles. The summed E-state index contributed by atoms with van der Waals surface area (Å²) in [6, 6.07) is 13.8. The molecular formula is C19H16N6O3S2. The van der Waals surface area contributed by atoms with Crippen LogP contribution in [0, 0.1) is 10.1 Å². The number of rotatable bonds is 7. The molecule has 0 saturated carbocycles. The molecule has 0 fully saturated rings. The molecule has 4 aromatic rings. The number of thioether (sulfide) groups is 1. The van der Waals surface area contributed by atoms with Gasteiger partial charge in [0.05, 0.1) is 21.2 Å². The van der Waals surface area contributed by atoms with E-state index in [9.17, 15) is 14.9 Å². The zero-order valence-corrected chi connectivity index (χ0v) is 17.4. The quantitative estimate of drug-likeness (QED) is 0.246. The average Bonchev–Trinajstić information content (AvgIpc) is 3.38. The summed E-state index contributed by atoms with van der Waals surface area (Å²) >= 11 is 2.52. The summed E-state index contributed by atoms with van der Waals surface area (Å²) in [6.45, 7) is 1.93. The van der Waals surface area contributed by atoms with E-state index in [0.717, 1.165) is 22.4 Å². The van der Waals surface area contributed by atoms with Crippen LogP contribution >= 0.6 is 23.1 Å². The van der Waals surface area contributed by atoms with E-state index in [1.54, 1.807) is 12.1 Å². The van der Waals surface area contributed by atoms with Crippen molar-refractivity contribution in [3.8, 4) is 10.6 Å². The number of carbonyl (C=O) groups excluding carboxylic acids is 1. The molecule has 0 radical (unpaired) electrons. The van der Waals surface area contributed by atoms with Gasteiger partial charge in [0, 0.05) is 17.7 Å². The maximum absolute atomic E-state index is 12.7. The second-order valence-corrected chi connectivity index (χ2v) is 8.45. The van der Waals surface area contributed by atoms with Gasteiger partial charge < -0.3 is 4.98 Å². The number of non-ortho nitro benzene ring substituents is 1. The molecule has 30 heavy (non-hydrogen) atoms. The number of aromatic nitrogens is 4. The van der Waals surface area contributed by atoms with E-state index in [0.29, 0.717) is 27.3 Å². The van der Waals surface area contributed by atoms with Crippen LogP contribution in [0.2, 0.25) is 0 Å². The van der Waals surface area contributed by atoms with Crippen molar-refractivity contribution in [1.82, 2.24) is 20.2 Å². The Balaban J connectivity index is 1.46. The normalized spacial score (nSPS) is 12.0. The number of amides is 1. The van der Waals surface area contributed by atoms with Crippen LogP contribution in [0.1, 0.15) is 13.3 Å². The minimum Gasteiger partial charge on any atom is -0.333 e. The number of hydrogen-bond acceptors (Lipinski definition) is 8. The van der Waals surface area contributed by atoms with Gasteiger partial charge in [-0.1, -0.05) is 54.3 Å². The van der Waals surface area contributed by atoms with Crippen LogP contribution in [0.25, 0.3) is 21.6 Å². The lowest BCUT2D eigenvalue weighted by molar-refractivity contribution is -0.384. The first-order valence-corrected chi connectivity index (χ1v) is 10.7. The number of H-pyrrole nitrogens is 1. The Hall–Kier alpha value is -3.31. The molecule has 0 saturated heterocycles. The van der Waals surface area contributed by atoms with Crippen molar-refractivity contribution in [2.24, 2.45) is 0 Å². The minimum atomic E-state index is -0.464. The molecule has 0 spiro atoms. The smallest absolute Gasteiger partial charge is 0.270 e. The third kappa shape index (κ3) is 4.31. The molecule has 11 heteroatoms. The summed E-state index contributed by atoms with van der Waals surface area (Å²) in [6.07, 6.45) is 0.601. The molecule has 2 N–H and O–H groups in total. The van der Waals surface area contributed by atoms with Crippen LogP contribution in [0.5, 0.6) is 0 Å². The largest absolute Gasteiger partial charge is 0.333 e. The van der Waals surface area contributed by atoms with Crippen LogP contribution in [0.15, 0.2) is 53.7 Å². The van der Waals surface area contributed by atoms with Crippen molar-refractivity contribution in [2.75, 3.05) is 5.32 Å². The molecule has 0 aliphatic carbocycles. The Kier molecular flexibility index (Phi) is 5.72. The van der Waals surface area contributed by atoms with Gasteiger partial charge in [0.25, 0.3) is 5.69 Å². The van der Waals surface area contributed by atoms with Gasteiger partial charge in [0.15, 0.2) is 5.16 Å². The predicted molar refractivity (Wildman–Crippen MR) is 117 cm³/mol. The zero-order valence-electron chi connectivity index (χ0n) is 15.7. The molecular weight excluding hydrogens is 424 g/mol. The first-order chi connectivity index (χ1) is 14.5. The van der Waals surface area contributed by atoms with Crippen LogP contribution in [-0.2, 0) is 4.79 Å². The standard InChI is InChI=1S/C19H16N6O3S2/c1-2-15(29-18-20-13-8-3-4-9-14(13)21-18)16(26)22-19-24-23-17(30-19)11-6-5-7-12(10-11)25(27)28/h3-10,15H,2H2,1H3,(H,20,21)(H,22,24,26). The molecule has 4 rings (SSSR count). The molecule has 1 amide bonds. The highest BCUT2D eigenvalue weighted by Gasteiger charge is 2.21. The van der Waals surface area contributed by atoms with Gasteiger partial charge in [0.1, 0.15) is 5.01 Å². The van der Waals surface area contributed by atoms with Gasteiger partial charge in [-0.15, -0.1) is 10.2 Å². The second-order valence-electron chi connectivity index (χ2n) is 6.28. The summed E-state index contributed by atoms with van der Waals surface area (Å²) in [5.74, 6) is -0.204. The molecule has 2 aromatic carbocycles. The van der Waals surface area contributed by atoms with Crippen molar-refractivity contribution in [1.29, 1.82) is 0 Å². The molecule has 1 unspecified atom stereocenters. The van der Waals surface area contributed by atoms with E-state index in [1.807, 2.05) is 31.2 Å². The fourth-order valence-corrected chi connectivity index (χ4v) is 4.44. The predicted octanol–water partition coefficient (Wildman–Crippen LogP) is 4.50. The van der Waals surface area contributed by atoms with E-state index in [-0.39, 0.29) is 16.8 Å². The van der Waals surface area contributed by atoms with Gasteiger partial charge >= 0.3 is 0 Å². The molecule has 0 bridgehead atoms. The van der Waals surface area contributed by atoms with E-state index in [4.69, 9.17) is 0 Å². The molecule has 152 valence electrons.